The number of piperidine rings is 3. The molecule has 1 atom stereocenters. The number of hydrogen-bond acceptors (Lipinski definition) is 4. The van der Waals surface area contributed by atoms with Crippen molar-refractivity contribution in [3.8, 4) is 11.1 Å². The monoisotopic (exact) mass is 446 g/mol. The number of nitrogens with zero attached hydrogens (tertiary/aromatic N) is 2. The molecule has 1 aromatic heterocycles. The Bertz CT molecular complexity index is 1160. The van der Waals surface area contributed by atoms with Crippen molar-refractivity contribution in [1.82, 2.24) is 9.80 Å². The lowest BCUT2D eigenvalue weighted by atomic mass is 9.76. The number of hydrogen-bond donors (Lipinski definition) is 0. The lowest BCUT2D eigenvalue weighted by molar-refractivity contribution is 0.0442. The minimum absolute atomic E-state index is 0.0288. The summed E-state index contributed by atoms with van der Waals surface area (Å²) in [6, 6.07) is 16.1. The smallest absolute Gasteiger partial charge is 0.253 e. The van der Waals surface area contributed by atoms with Gasteiger partial charge in [0, 0.05) is 36.8 Å². The Morgan fingerprint density at radius 1 is 1.09 bits per heavy atom. The molecule has 5 heteroatoms. The zero-order chi connectivity index (χ0) is 22.2. The quantitative estimate of drug-likeness (QED) is 0.465. The fourth-order valence-electron chi connectivity index (χ4n) is 5.27. The highest BCUT2D eigenvalue weighted by atomic mass is 32.1. The van der Waals surface area contributed by atoms with E-state index in [9.17, 15) is 9.59 Å². The molecule has 2 bridgehead atoms. The van der Waals surface area contributed by atoms with Gasteiger partial charge in [0.2, 0.25) is 0 Å². The van der Waals surface area contributed by atoms with Crippen LogP contribution in [0.5, 0.6) is 0 Å². The fourth-order valence-corrected chi connectivity index (χ4v) is 6.41. The van der Waals surface area contributed by atoms with E-state index in [0.29, 0.717) is 24.4 Å². The molecule has 4 heterocycles. The lowest BCUT2D eigenvalue weighted by Gasteiger charge is -2.44. The van der Waals surface area contributed by atoms with Gasteiger partial charge in [-0.2, -0.15) is 0 Å². The van der Waals surface area contributed by atoms with Crippen molar-refractivity contribution in [1.29, 1.82) is 0 Å². The fraction of sp³-hybridized carbons (Fsp3) is 0.407. The summed E-state index contributed by atoms with van der Waals surface area (Å²) in [6.07, 6.45) is 3.16. The summed E-state index contributed by atoms with van der Waals surface area (Å²) in [5.74, 6) is 1.54. The number of carbonyl (C=O) groups excluding carboxylic acids is 2. The molecule has 3 aromatic rings. The maximum absolute atomic E-state index is 13.2. The number of ketones is 1. The second-order valence-electron chi connectivity index (χ2n) is 9.26. The van der Waals surface area contributed by atoms with Gasteiger partial charge < -0.3 is 9.80 Å². The summed E-state index contributed by atoms with van der Waals surface area (Å²) >= 11 is 1.60. The van der Waals surface area contributed by atoms with Gasteiger partial charge in [0.15, 0.2) is 5.78 Å². The second kappa shape index (κ2) is 8.80. The molecule has 3 fully saturated rings. The van der Waals surface area contributed by atoms with E-state index in [4.69, 9.17) is 0 Å². The standard InChI is InChI=1S/C27H30N2O2S/c1-3-28(2)27(31)21-8-4-6-19(14-21)23-9-5-7-20-16-25(32-26(20)23)24(30)15-22-17-29-12-10-18(22)11-13-29/h4-9,14,16,18,22H,3,10-13,15,17H2,1-2H3/t22-/m0/s1. The van der Waals surface area contributed by atoms with Gasteiger partial charge >= 0.3 is 0 Å². The highest BCUT2D eigenvalue weighted by molar-refractivity contribution is 7.21. The van der Waals surface area contributed by atoms with Crippen LogP contribution >= 0.6 is 11.3 Å². The van der Waals surface area contributed by atoms with Gasteiger partial charge in [0.25, 0.3) is 5.91 Å². The Balaban J connectivity index is 1.43. The maximum atomic E-state index is 13.2. The first-order valence-corrected chi connectivity index (χ1v) is 12.5. The second-order valence-corrected chi connectivity index (χ2v) is 10.3. The van der Waals surface area contributed by atoms with Gasteiger partial charge in [-0.15, -0.1) is 11.3 Å². The van der Waals surface area contributed by atoms with E-state index in [1.54, 1.807) is 16.2 Å². The first kappa shape index (κ1) is 21.4. The van der Waals surface area contributed by atoms with Gasteiger partial charge in [0.1, 0.15) is 0 Å². The summed E-state index contributed by atoms with van der Waals surface area (Å²) in [7, 11) is 1.82. The predicted molar refractivity (Wildman–Crippen MR) is 131 cm³/mol. The minimum atomic E-state index is 0.0288. The van der Waals surface area contributed by atoms with Crippen LogP contribution in [0, 0.1) is 11.8 Å². The lowest BCUT2D eigenvalue weighted by Crippen LogP contribution is -2.47. The molecule has 0 saturated carbocycles. The molecular weight excluding hydrogens is 416 g/mol. The topological polar surface area (TPSA) is 40.6 Å². The predicted octanol–water partition coefficient (Wildman–Crippen LogP) is 5.57. The van der Waals surface area contributed by atoms with Gasteiger partial charge in [-0.05, 0) is 79.4 Å². The van der Waals surface area contributed by atoms with E-state index in [2.05, 4.69) is 23.1 Å². The van der Waals surface area contributed by atoms with Gasteiger partial charge in [-0.25, -0.2) is 0 Å². The SMILES string of the molecule is CCN(C)C(=O)c1cccc(-c2cccc3cc(C(=O)C[C@H]4CN5CCC4CC5)sc23)c1. The van der Waals surface area contributed by atoms with Crippen LogP contribution in [-0.2, 0) is 0 Å². The van der Waals surface area contributed by atoms with Crippen LogP contribution < -0.4 is 0 Å². The number of amides is 1. The normalized spacial score (nSPS) is 22.2. The van der Waals surface area contributed by atoms with E-state index < -0.39 is 0 Å². The maximum Gasteiger partial charge on any atom is 0.253 e. The van der Waals surface area contributed by atoms with Crippen LogP contribution in [0.2, 0.25) is 0 Å². The molecule has 32 heavy (non-hydrogen) atoms. The molecule has 0 aliphatic carbocycles. The van der Waals surface area contributed by atoms with Gasteiger partial charge in [-0.3, -0.25) is 9.59 Å². The molecule has 0 radical (unpaired) electrons. The number of Topliss-reactive ketones (excluding diaryl/α,β-unsaturated/α-hetero) is 1. The number of thiophene rings is 1. The third-order valence-corrected chi connectivity index (χ3v) is 8.52. The molecule has 3 aliphatic rings. The number of fused-ring (bicyclic) bond motifs is 4. The first-order valence-electron chi connectivity index (χ1n) is 11.7. The Kier molecular flexibility index (Phi) is 5.87. The highest BCUT2D eigenvalue weighted by Gasteiger charge is 2.35. The van der Waals surface area contributed by atoms with E-state index >= 15 is 0 Å². The van der Waals surface area contributed by atoms with Gasteiger partial charge in [-0.1, -0.05) is 30.3 Å². The van der Waals surface area contributed by atoms with E-state index in [0.717, 1.165) is 38.6 Å². The Morgan fingerprint density at radius 2 is 1.88 bits per heavy atom. The van der Waals surface area contributed by atoms with Crippen molar-refractivity contribution in [2.75, 3.05) is 33.2 Å². The summed E-state index contributed by atoms with van der Waals surface area (Å²) in [6.45, 7) is 6.14. The highest BCUT2D eigenvalue weighted by Crippen LogP contribution is 2.38. The summed E-state index contributed by atoms with van der Waals surface area (Å²) < 4.78 is 1.12. The molecule has 3 aliphatic heterocycles. The Labute approximate surface area is 193 Å². The molecule has 0 spiro atoms. The largest absolute Gasteiger partial charge is 0.342 e. The Morgan fingerprint density at radius 3 is 2.59 bits per heavy atom. The van der Waals surface area contributed by atoms with Gasteiger partial charge in [0.05, 0.1) is 4.88 Å². The third kappa shape index (κ3) is 4.00. The average Bonchev–Trinajstić information content (AvgIpc) is 3.29. The Hall–Kier alpha value is -2.50. The van der Waals surface area contributed by atoms with Crippen molar-refractivity contribution in [3.63, 3.8) is 0 Å². The van der Waals surface area contributed by atoms with Crippen LogP contribution in [-0.4, -0.2) is 54.7 Å². The van der Waals surface area contributed by atoms with Crippen LogP contribution in [0.1, 0.15) is 46.2 Å². The zero-order valence-electron chi connectivity index (χ0n) is 18.8. The van der Waals surface area contributed by atoms with E-state index in [1.807, 2.05) is 44.3 Å². The van der Waals surface area contributed by atoms with Crippen LogP contribution in [0.25, 0.3) is 21.2 Å². The van der Waals surface area contributed by atoms with Crippen molar-refractivity contribution in [2.45, 2.75) is 26.2 Å². The van der Waals surface area contributed by atoms with Crippen molar-refractivity contribution >= 4 is 33.1 Å². The molecule has 3 saturated heterocycles. The molecule has 166 valence electrons. The molecule has 6 rings (SSSR count). The van der Waals surface area contributed by atoms with Crippen molar-refractivity contribution < 1.29 is 9.59 Å². The van der Waals surface area contributed by atoms with Crippen LogP contribution in [0.4, 0.5) is 0 Å². The molecule has 4 nitrogen and oxygen atoms in total. The van der Waals surface area contributed by atoms with Crippen LogP contribution in [0.3, 0.4) is 0 Å². The van der Waals surface area contributed by atoms with E-state index in [-0.39, 0.29) is 11.7 Å². The summed E-state index contributed by atoms with van der Waals surface area (Å²) in [5, 5.41) is 1.10. The van der Waals surface area contributed by atoms with Crippen molar-refractivity contribution in [3.05, 3.63) is 59.0 Å². The molecule has 1 amide bonds. The molecule has 0 unspecified atom stereocenters. The molecular formula is C27H30N2O2S. The number of benzene rings is 2. The summed E-state index contributed by atoms with van der Waals surface area (Å²) in [4.78, 5) is 30.9. The van der Waals surface area contributed by atoms with E-state index in [1.165, 1.54) is 25.9 Å². The number of rotatable bonds is 6. The third-order valence-electron chi connectivity index (χ3n) is 7.30. The van der Waals surface area contributed by atoms with Crippen molar-refractivity contribution in [2.24, 2.45) is 11.8 Å². The average molecular weight is 447 g/mol. The van der Waals surface area contributed by atoms with Crippen LogP contribution in [0.15, 0.2) is 48.5 Å². The minimum Gasteiger partial charge on any atom is -0.342 e. The molecule has 0 N–H and O–H groups in total. The summed E-state index contributed by atoms with van der Waals surface area (Å²) in [5.41, 5.74) is 2.80. The zero-order valence-corrected chi connectivity index (χ0v) is 19.7. The first-order chi connectivity index (χ1) is 15.5. The molecule has 2 aromatic carbocycles. The number of carbonyl (C=O) groups is 2.